The van der Waals surface area contributed by atoms with Crippen molar-refractivity contribution < 1.29 is 9.90 Å². The maximum Gasteiger partial charge on any atom is 0.237 e. The summed E-state index contributed by atoms with van der Waals surface area (Å²) in [6.45, 7) is 7.81. The van der Waals surface area contributed by atoms with Gasteiger partial charge >= 0.3 is 0 Å². The minimum absolute atomic E-state index is 0.00910. The average Bonchev–Trinajstić information content (AvgIpc) is 2.45. The first-order chi connectivity index (χ1) is 9.86. The third-order valence-electron chi connectivity index (χ3n) is 5.59. The fraction of sp³-hybridized carbons (Fsp3) is 0.941. The van der Waals surface area contributed by atoms with Crippen LogP contribution in [0.3, 0.4) is 0 Å². The van der Waals surface area contributed by atoms with Gasteiger partial charge in [0.1, 0.15) is 0 Å². The van der Waals surface area contributed by atoms with Gasteiger partial charge in [-0.15, -0.1) is 0 Å². The van der Waals surface area contributed by atoms with Gasteiger partial charge < -0.3 is 15.7 Å². The fourth-order valence-electron chi connectivity index (χ4n) is 3.81. The smallest absolute Gasteiger partial charge is 0.237 e. The van der Waals surface area contributed by atoms with Gasteiger partial charge in [0, 0.05) is 6.54 Å². The van der Waals surface area contributed by atoms with Crippen LogP contribution in [0.25, 0.3) is 0 Å². The van der Waals surface area contributed by atoms with Crippen LogP contribution in [0.4, 0.5) is 0 Å². The van der Waals surface area contributed by atoms with Crippen LogP contribution < -0.4 is 10.6 Å². The lowest BCUT2D eigenvalue weighted by molar-refractivity contribution is -0.128. The Hall–Kier alpha value is -0.610. The van der Waals surface area contributed by atoms with Gasteiger partial charge in [0.15, 0.2) is 0 Å². The maximum atomic E-state index is 12.4. The van der Waals surface area contributed by atoms with Crippen molar-refractivity contribution in [2.75, 3.05) is 13.1 Å². The number of rotatable bonds is 4. The lowest BCUT2D eigenvalue weighted by atomic mass is 9.76. The molecule has 0 radical (unpaired) electrons. The molecule has 21 heavy (non-hydrogen) atoms. The van der Waals surface area contributed by atoms with Gasteiger partial charge in [-0.1, -0.05) is 27.2 Å². The van der Waals surface area contributed by atoms with Gasteiger partial charge in [-0.3, -0.25) is 4.79 Å². The monoisotopic (exact) mass is 296 g/mol. The molecule has 1 unspecified atom stereocenters. The van der Waals surface area contributed by atoms with E-state index < -0.39 is 5.60 Å². The van der Waals surface area contributed by atoms with E-state index >= 15 is 0 Å². The summed E-state index contributed by atoms with van der Waals surface area (Å²) in [5.41, 5.74) is -0.703. The van der Waals surface area contributed by atoms with Crippen molar-refractivity contribution in [3.05, 3.63) is 0 Å². The number of hydrogen-bond acceptors (Lipinski definition) is 3. The van der Waals surface area contributed by atoms with Gasteiger partial charge in [0.25, 0.3) is 0 Å². The number of hydrogen-bond donors (Lipinski definition) is 3. The highest BCUT2D eigenvalue weighted by atomic mass is 16.3. The van der Waals surface area contributed by atoms with Crippen molar-refractivity contribution >= 4 is 5.91 Å². The van der Waals surface area contributed by atoms with Gasteiger partial charge in [-0.2, -0.15) is 0 Å². The van der Waals surface area contributed by atoms with Crippen LogP contribution in [0.5, 0.6) is 0 Å². The number of aliphatic hydroxyl groups is 1. The third-order valence-corrected chi connectivity index (χ3v) is 5.59. The first-order valence-electron chi connectivity index (χ1n) is 8.60. The number of carbonyl (C=O) groups excluding carboxylic acids is 1. The van der Waals surface area contributed by atoms with Gasteiger partial charge in [0.05, 0.1) is 11.6 Å². The van der Waals surface area contributed by atoms with E-state index in [0.717, 1.165) is 51.0 Å². The quantitative estimate of drug-likeness (QED) is 0.745. The molecule has 1 heterocycles. The maximum absolute atomic E-state index is 12.4. The van der Waals surface area contributed by atoms with E-state index in [-0.39, 0.29) is 17.4 Å². The van der Waals surface area contributed by atoms with Crippen LogP contribution in [0.1, 0.15) is 65.7 Å². The summed E-state index contributed by atoms with van der Waals surface area (Å²) in [6, 6.07) is -0.137. The van der Waals surface area contributed by atoms with Crippen molar-refractivity contribution in [3.8, 4) is 0 Å². The average molecular weight is 296 g/mol. The molecular weight excluding hydrogens is 264 g/mol. The topological polar surface area (TPSA) is 61.4 Å². The molecule has 4 nitrogen and oxygen atoms in total. The summed E-state index contributed by atoms with van der Waals surface area (Å²) < 4.78 is 0. The Bertz CT molecular complexity index is 360. The van der Waals surface area contributed by atoms with E-state index in [2.05, 4.69) is 31.4 Å². The molecule has 0 spiro atoms. The summed E-state index contributed by atoms with van der Waals surface area (Å²) in [4.78, 5) is 12.4. The molecule has 1 amide bonds. The molecule has 1 saturated carbocycles. The normalized spacial score (nSPS) is 36.2. The van der Waals surface area contributed by atoms with Gasteiger partial charge in [-0.05, 0) is 56.4 Å². The van der Waals surface area contributed by atoms with Gasteiger partial charge in [-0.25, -0.2) is 0 Å². The van der Waals surface area contributed by atoms with Crippen molar-refractivity contribution in [3.63, 3.8) is 0 Å². The van der Waals surface area contributed by atoms with E-state index in [0.29, 0.717) is 6.54 Å². The van der Waals surface area contributed by atoms with Crippen molar-refractivity contribution in [1.82, 2.24) is 10.6 Å². The van der Waals surface area contributed by atoms with Crippen LogP contribution in [-0.4, -0.2) is 35.7 Å². The molecule has 4 heteroatoms. The highest BCUT2D eigenvalue weighted by Gasteiger charge is 2.38. The second kappa shape index (κ2) is 6.66. The third kappa shape index (κ3) is 4.19. The zero-order valence-corrected chi connectivity index (χ0v) is 13.9. The Kier molecular flexibility index (Phi) is 5.31. The minimum atomic E-state index is -0.694. The Morgan fingerprint density at radius 1 is 1.29 bits per heavy atom. The number of carbonyl (C=O) groups is 1. The molecule has 0 aromatic carbocycles. The molecule has 2 aliphatic rings. The van der Waals surface area contributed by atoms with E-state index in [1.54, 1.807) is 0 Å². The lowest BCUT2D eigenvalue weighted by Gasteiger charge is -2.40. The van der Waals surface area contributed by atoms with Crippen LogP contribution >= 0.6 is 0 Å². The Morgan fingerprint density at radius 3 is 2.52 bits per heavy atom. The molecule has 1 aliphatic carbocycles. The van der Waals surface area contributed by atoms with Crippen LogP contribution in [-0.2, 0) is 4.79 Å². The minimum Gasteiger partial charge on any atom is -0.388 e. The molecule has 3 N–H and O–H groups in total. The second-order valence-corrected chi connectivity index (χ2v) is 7.77. The predicted molar refractivity (Wildman–Crippen MR) is 85.0 cm³/mol. The fourth-order valence-corrected chi connectivity index (χ4v) is 3.81. The van der Waals surface area contributed by atoms with Crippen molar-refractivity contribution in [2.24, 2.45) is 11.3 Å². The van der Waals surface area contributed by atoms with Gasteiger partial charge in [0.2, 0.25) is 5.91 Å². The number of nitrogens with one attached hydrogen (secondary N) is 2. The molecule has 122 valence electrons. The number of piperidine rings is 1. The zero-order valence-electron chi connectivity index (χ0n) is 13.9. The molecular formula is C17H32N2O2. The van der Waals surface area contributed by atoms with Crippen LogP contribution in [0, 0.1) is 11.3 Å². The molecule has 2 rings (SSSR count). The predicted octanol–water partition coefficient (Wildman–Crippen LogP) is 2.21. The molecule has 0 aromatic rings. The largest absolute Gasteiger partial charge is 0.388 e. The molecule has 1 saturated heterocycles. The first-order valence-corrected chi connectivity index (χ1v) is 8.60. The van der Waals surface area contributed by atoms with E-state index in [9.17, 15) is 9.90 Å². The van der Waals surface area contributed by atoms with Crippen LogP contribution in [0.2, 0.25) is 0 Å². The molecule has 0 bridgehead atoms. The molecule has 1 aliphatic heterocycles. The Balaban J connectivity index is 1.83. The zero-order chi connectivity index (χ0) is 15.5. The second-order valence-electron chi connectivity index (χ2n) is 7.77. The van der Waals surface area contributed by atoms with Crippen molar-refractivity contribution in [1.29, 1.82) is 0 Å². The van der Waals surface area contributed by atoms with E-state index in [1.165, 1.54) is 6.42 Å². The summed E-state index contributed by atoms with van der Waals surface area (Å²) in [5, 5.41) is 17.0. The summed E-state index contributed by atoms with van der Waals surface area (Å²) >= 11 is 0. The number of amides is 1. The highest BCUT2D eigenvalue weighted by Crippen LogP contribution is 2.34. The summed E-state index contributed by atoms with van der Waals surface area (Å²) in [7, 11) is 0. The Labute approximate surface area is 129 Å². The molecule has 1 atom stereocenters. The first kappa shape index (κ1) is 16.8. The van der Waals surface area contributed by atoms with E-state index in [4.69, 9.17) is 0 Å². The molecule has 0 aromatic heterocycles. The standard InChI is InChI=1S/C17H32N2O2/c1-4-13-6-9-17(21,10-7-13)12-19-15(20)14-16(2,3)8-5-11-18-14/h13-14,18,21H,4-12H2,1-3H3,(H,19,20). The lowest BCUT2D eigenvalue weighted by Crippen LogP contribution is -2.57. The highest BCUT2D eigenvalue weighted by molar-refractivity contribution is 5.82. The van der Waals surface area contributed by atoms with Crippen molar-refractivity contribution in [2.45, 2.75) is 77.4 Å². The SMILES string of the molecule is CCC1CCC(O)(CNC(=O)C2NCCCC2(C)C)CC1. The Morgan fingerprint density at radius 2 is 1.95 bits per heavy atom. The van der Waals surface area contributed by atoms with E-state index in [1.807, 2.05) is 0 Å². The summed E-state index contributed by atoms with van der Waals surface area (Å²) in [6.07, 6.45) is 7.18. The summed E-state index contributed by atoms with van der Waals surface area (Å²) in [5.74, 6) is 0.797. The molecule has 2 fully saturated rings. The van der Waals surface area contributed by atoms with Crippen LogP contribution in [0.15, 0.2) is 0 Å².